The lowest BCUT2D eigenvalue weighted by molar-refractivity contribution is -0.106. The highest BCUT2D eigenvalue weighted by Crippen LogP contribution is 2.37. The van der Waals surface area contributed by atoms with Gasteiger partial charge in [0.1, 0.15) is 29.5 Å². The largest absolute Gasteiger partial charge is 0.506 e. The number of para-hydroxylation sites is 1. The molecule has 0 saturated carbocycles. The molecule has 2 aliphatic heterocycles. The van der Waals surface area contributed by atoms with Crippen LogP contribution in [0.5, 0.6) is 5.75 Å². The average Bonchev–Trinajstić information content (AvgIpc) is 3.11. The fraction of sp³-hybridized carbons (Fsp3) is 0.333. The Labute approximate surface area is 230 Å². The minimum absolute atomic E-state index is 0.0852. The van der Waals surface area contributed by atoms with Crippen molar-refractivity contribution in [3.8, 4) is 5.75 Å². The van der Waals surface area contributed by atoms with Crippen LogP contribution >= 0.6 is 0 Å². The third-order valence-electron chi connectivity index (χ3n) is 6.93. The molecule has 1 aromatic heterocycles. The molecule has 5 rings (SSSR count). The molecule has 4 N–H and O–H groups in total. The van der Waals surface area contributed by atoms with Gasteiger partial charge in [0.2, 0.25) is 5.95 Å². The Morgan fingerprint density at radius 3 is 2.67 bits per heavy atom. The summed E-state index contributed by atoms with van der Waals surface area (Å²) in [6, 6.07) is 11.8. The number of aryl methyl sites for hydroxylation is 1. The highest BCUT2D eigenvalue weighted by Gasteiger charge is 2.30. The zero-order valence-electron chi connectivity index (χ0n) is 22.9. The van der Waals surface area contributed by atoms with E-state index in [-0.39, 0.29) is 11.6 Å². The molecule has 0 bridgehead atoms. The zero-order valence-corrected chi connectivity index (χ0v) is 22.9. The van der Waals surface area contributed by atoms with Gasteiger partial charge in [-0.05, 0) is 74.5 Å². The van der Waals surface area contributed by atoms with Crippen molar-refractivity contribution in [3.63, 3.8) is 0 Å². The van der Waals surface area contributed by atoms with Crippen LogP contribution in [0.3, 0.4) is 0 Å². The van der Waals surface area contributed by atoms with E-state index in [0.29, 0.717) is 28.8 Å². The monoisotopic (exact) mass is 527 g/mol. The Hall–Kier alpha value is -4.24. The molecule has 0 spiro atoms. The number of phenolic OH excluding ortho intramolecular Hbond substituents is 1. The first-order chi connectivity index (χ1) is 18.9. The number of nitrogens with zero attached hydrogens (tertiary/aromatic N) is 4. The number of aromatic hydroxyl groups is 1. The van der Waals surface area contributed by atoms with E-state index in [2.05, 4.69) is 57.2 Å². The molecule has 204 valence electrons. The molecule has 39 heavy (non-hydrogen) atoms. The van der Waals surface area contributed by atoms with Gasteiger partial charge in [-0.2, -0.15) is 4.98 Å². The lowest BCUT2D eigenvalue weighted by Gasteiger charge is -2.34. The molecule has 3 aromatic rings. The summed E-state index contributed by atoms with van der Waals surface area (Å²) < 4.78 is 0. The number of aromatic nitrogens is 2. The lowest BCUT2D eigenvalue weighted by atomic mass is 10.0. The van der Waals surface area contributed by atoms with Crippen molar-refractivity contribution in [2.75, 3.05) is 35.2 Å². The molecule has 0 unspecified atom stereocenters. The van der Waals surface area contributed by atoms with Gasteiger partial charge >= 0.3 is 0 Å². The van der Waals surface area contributed by atoms with Crippen molar-refractivity contribution in [2.24, 2.45) is 0 Å². The number of carbonyl (C=O) groups excluding carboxylic acids is 1. The van der Waals surface area contributed by atoms with E-state index in [4.69, 9.17) is 10.2 Å². The van der Waals surface area contributed by atoms with Crippen LogP contribution in [-0.2, 0) is 17.6 Å². The van der Waals surface area contributed by atoms with E-state index in [1.807, 2.05) is 13.0 Å². The minimum Gasteiger partial charge on any atom is -0.506 e. The fourth-order valence-corrected chi connectivity index (χ4v) is 4.92. The Bertz CT molecular complexity index is 1350. The molecule has 9 nitrogen and oxygen atoms in total. The van der Waals surface area contributed by atoms with E-state index < -0.39 is 0 Å². The summed E-state index contributed by atoms with van der Waals surface area (Å²) in [6.07, 6.45) is 6.98. The number of hydrogen-bond acceptors (Lipinski definition) is 8. The Morgan fingerprint density at radius 2 is 1.95 bits per heavy atom. The van der Waals surface area contributed by atoms with Crippen molar-refractivity contribution < 1.29 is 9.90 Å². The molecule has 2 aromatic carbocycles. The first-order valence-corrected chi connectivity index (χ1v) is 13.4. The molecule has 9 heteroatoms. The molecule has 0 radical (unpaired) electrons. The van der Waals surface area contributed by atoms with E-state index in [9.17, 15) is 5.11 Å². The number of carbonyl (C=O) groups is 1. The summed E-state index contributed by atoms with van der Waals surface area (Å²) in [7, 11) is 0. The normalized spacial score (nSPS) is 14.8. The molecule has 0 aliphatic carbocycles. The summed E-state index contributed by atoms with van der Waals surface area (Å²) in [5.74, 6) is 1.64. The quantitative estimate of drug-likeness (QED) is 0.316. The third-order valence-corrected chi connectivity index (χ3v) is 6.93. The number of phenols is 1. The van der Waals surface area contributed by atoms with Gasteiger partial charge in [-0.1, -0.05) is 38.1 Å². The number of nitrogens with one attached hydrogen (secondary N) is 3. The second-order valence-electron chi connectivity index (χ2n) is 9.69. The van der Waals surface area contributed by atoms with Gasteiger partial charge in [-0.3, -0.25) is 10.3 Å². The van der Waals surface area contributed by atoms with Gasteiger partial charge in [0, 0.05) is 25.0 Å². The molecule has 0 fully saturated rings. The van der Waals surface area contributed by atoms with E-state index in [1.54, 1.807) is 23.2 Å². The number of amidine groups is 1. The first-order valence-electron chi connectivity index (χ1n) is 13.4. The van der Waals surface area contributed by atoms with Crippen LogP contribution in [-0.4, -0.2) is 51.7 Å². The van der Waals surface area contributed by atoms with Gasteiger partial charge in [0.05, 0.1) is 11.3 Å². The number of rotatable bonds is 6. The summed E-state index contributed by atoms with van der Waals surface area (Å²) in [5, 5.41) is 25.7. The maximum absolute atomic E-state index is 10.4. The van der Waals surface area contributed by atoms with Crippen molar-refractivity contribution in [1.82, 2.24) is 14.9 Å². The standard InChI is InChI=1S/C28H33N7O.C2H4O/c1-4-5-13-34-14-11-20-9-10-22(16-21(20)12-15-34)32-28-30-17-23-26(29)35(19(3)31-27(23)33-28)25-18(2)7-6-8-24(25)36;1-2-3/h6-10,16-17,29,36H,3-5,11-15H2,1-2H3,(H2,30,31,32,33);2H,1H3. The van der Waals surface area contributed by atoms with E-state index >= 15 is 0 Å². The number of anilines is 4. The van der Waals surface area contributed by atoms with Crippen LogP contribution < -0.4 is 15.5 Å². The van der Waals surface area contributed by atoms with Crippen molar-refractivity contribution >= 4 is 35.3 Å². The van der Waals surface area contributed by atoms with E-state index in [0.717, 1.165) is 43.5 Å². The van der Waals surface area contributed by atoms with Crippen molar-refractivity contribution in [3.05, 3.63) is 77.2 Å². The summed E-state index contributed by atoms with van der Waals surface area (Å²) in [4.78, 5) is 22.1. The molecule has 0 atom stereocenters. The van der Waals surface area contributed by atoms with Crippen molar-refractivity contribution in [1.29, 1.82) is 5.41 Å². The van der Waals surface area contributed by atoms with Gasteiger partial charge < -0.3 is 25.4 Å². The van der Waals surface area contributed by atoms with Gasteiger partial charge in [0.25, 0.3) is 0 Å². The first kappa shape index (κ1) is 27.8. The SMILES string of the molecule is C=C1Nc2nc(Nc3ccc4c(c3)CCN(CCCC)CC4)ncc2C(=N)N1c1c(C)cccc1O.CC=O. The molecular formula is C30H37N7O2. The maximum Gasteiger partial charge on any atom is 0.229 e. The predicted molar refractivity (Wildman–Crippen MR) is 157 cm³/mol. The predicted octanol–water partition coefficient (Wildman–Crippen LogP) is 5.37. The molecule has 0 amide bonds. The number of fused-ring (bicyclic) bond motifs is 2. The number of benzene rings is 2. The zero-order chi connectivity index (χ0) is 27.9. The maximum atomic E-state index is 10.4. The van der Waals surface area contributed by atoms with Crippen LogP contribution in [0.4, 0.5) is 23.1 Å². The summed E-state index contributed by atoms with van der Waals surface area (Å²) >= 11 is 0. The molecule has 0 saturated heterocycles. The number of hydrogen-bond donors (Lipinski definition) is 4. The Kier molecular flexibility index (Phi) is 8.93. The van der Waals surface area contributed by atoms with Crippen LogP contribution in [0.15, 0.2) is 55.0 Å². The molecule has 3 heterocycles. The van der Waals surface area contributed by atoms with Gasteiger partial charge in [-0.25, -0.2) is 4.98 Å². The van der Waals surface area contributed by atoms with Crippen LogP contribution in [0.2, 0.25) is 0 Å². The fourth-order valence-electron chi connectivity index (χ4n) is 4.92. The number of aldehydes is 1. The topological polar surface area (TPSA) is 117 Å². The van der Waals surface area contributed by atoms with Gasteiger partial charge in [0.15, 0.2) is 0 Å². The highest BCUT2D eigenvalue weighted by atomic mass is 16.3. The number of unbranched alkanes of at least 4 members (excludes halogenated alkanes) is 1. The lowest BCUT2D eigenvalue weighted by Crippen LogP contribution is -2.38. The van der Waals surface area contributed by atoms with E-state index in [1.165, 1.54) is 37.4 Å². The van der Waals surface area contributed by atoms with Crippen molar-refractivity contribution in [2.45, 2.75) is 46.5 Å². The average molecular weight is 528 g/mol. The van der Waals surface area contributed by atoms with Crippen LogP contribution in [0.1, 0.15) is 48.9 Å². The summed E-state index contributed by atoms with van der Waals surface area (Å²) in [6.45, 7) is 13.0. The van der Waals surface area contributed by atoms with Gasteiger partial charge in [-0.15, -0.1) is 0 Å². The molecular weight excluding hydrogens is 490 g/mol. The third kappa shape index (κ3) is 6.26. The second-order valence-corrected chi connectivity index (χ2v) is 9.69. The van der Waals surface area contributed by atoms with Crippen LogP contribution in [0, 0.1) is 12.3 Å². The summed E-state index contributed by atoms with van der Waals surface area (Å²) in [5.41, 5.74) is 5.63. The second kappa shape index (κ2) is 12.5. The molecule has 2 aliphatic rings. The van der Waals surface area contributed by atoms with Crippen LogP contribution in [0.25, 0.3) is 0 Å². The Balaban J connectivity index is 0.00000112. The Morgan fingerprint density at radius 1 is 1.21 bits per heavy atom. The highest BCUT2D eigenvalue weighted by molar-refractivity contribution is 6.15. The minimum atomic E-state index is 0.0852. The smallest absolute Gasteiger partial charge is 0.229 e.